The molecule has 2 heterocycles. The monoisotopic (exact) mass is 450 g/mol. The van der Waals surface area contributed by atoms with Crippen molar-refractivity contribution in [3.8, 4) is 5.75 Å². The Kier molecular flexibility index (Phi) is 6.54. The van der Waals surface area contributed by atoms with Crippen molar-refractivity contribution in [1.82, 2.24) is 4.90 Å². The van der Waals surface area contributed by atoms with Gasteiger partial charge in [-0.2, -0.15) is 0 Å². The summed E-state index contributed by atoms with van der Waals surface area (Å²) in [5.41, 5.74) is -0.0615. The fraction of sp³-hybridized carbons (Fsp3) is 0.385. The third-order valence-electron chi connectivity index (χ3n) is 6.68. The Labute approximate surface area is 193 Å². The van der Waals surface area contributed by atoms with Gasteiger partial charge in [-0.3, -0.25) is 14.5 Å². The predicted octanol–water partition coefficient (Wildman–Crippen LogP) is 3.13. The fourth-order valence-corrected chi connectivity index (χ4v) is 4.79. The van der Waals surface area contributed by atoms with E-state index in [1.165, 1.54) is 4.90 Å². The minimum absolute atomic E-state index is 0.0337. The lowest BCUT2D eigenvalue weighted by Gasteiger charge is -2.28. The summed E-state index contributed by atoms with van der Waals surface area (Å²) < 4.78 is 5.35. The van der Waals surface area contributed by atoms with E-state index in [1.807, 2.05) is 30.3 Å². The number of hydrogen-bond acceptors (Lipinski definition) is 5. The summed E-state index contributed by atoms with van der Waals surface area (Å²) >= 11 is 0. The van der Waals surface area contributed by atoms with Gasteiger partial charge in [0.1, 0.15) is 5.75 Å². The Balaban J connectivity index is 1.61. The summed E-state index contributed by atoms with van der Waals surface area (Å²) in [6, 6.07) is 14.3. The fourth-order valence-electron chi connectivity index (χ4n) is 4.79. The maximum Gasteiger partial charge on any atom is 0.268 e. The maximum atomic E-state index is 13.6. The number of anilines is 2. The first kappa shape index (κ1) is 23.0. The van der Waals surface area contributed by atoms with E-state index in [0.717, 1.165) is 12.8 Å². The number of carbonyl (C=O) groups excluding carboxylic acids is 2. The van der Waals surface area contributed by atoms with Gasteiger partial charge in [-0.15, -0.1) is 0 Å². The molecule has 0 radical (unpaired) electrons. The average molecular weight is 451 g/mol. The minimum Gasteiger partial charge on any atom is -0.497 e. The van der Waals surface area contributed by atoms with Gasteiger partial charge >= 0.3 is 0 Å². The van der Waals surface area contributed by atoms with Crippen LogP contribution in [0.4, 0.5) is 11.4 Å². The van der Waals surface area contributed by atoms with Crippen molar-refractivity contribution in [2.45, 2.75) is 37.8 Å². The first-order valence-electron chi connectivity index (χ1n) is 11.3. The number of likely N-dealkylation sites (tertiary alicyclic amines) is 1. The van der Waals surface area contributed by atoms with E-state index in [0.29, 0.717) is 29.2 Å². The SMILES string of the molecule is COc1ccc2c(c1)[C@](O)([C@@H](C)/C=C/CC(=O)N1CCC[C@H]1CO)C(=O)N2c1ccccc1. The lowest BCUT2D eigenvalue weighted by Crippen LogP contribution is -2.42. The molecule has 2 aromatic carbocycles. The molecule has 0 aromatic heterocycles. The number of hydrogen-bond donors (Lipinski definition) is 2. The largest absolute Gasteiger partial charge is 0.497 e. The molecule has 0 saturated carbocycles. The number of benzene rings is 2. The number of aliphatic hydroxyl groups excluding tert-OH is 1. The number of methoxy groups -OCH3 is 1. The Bertz CT molecular complexity index is 1050. The van der Waals surface area contributed by atoms with E-state index in [9.17, 15) is 19.8 Å². The number of nitrogens with zero attached hydrogens (tertiary/aromatic N) is 2. The summed E-state index contributed by atoms with van der Waals surface area (Å²) in [7, 11) is 1.54. The van der Waals surface area contributed by atoms with E-state index in [-0.39, 0.29) is 25.0 Å². The quantitative estimate of drug-likeness (QED) is 0.633. The van der Waals surface area contributed by atoms with Crippen molar-refractivity contribution in [3.63, 3.8) is 0 Å². The Hall–Kier alpha value is -3.16. The van der Waals surface area contributed by atoms with E-state index in [4.69, 9.17) is 4.74 Å². The minimum atomic E-state index is -1.81. The number of rotatable bonds is 7. The van der Waals surface area contributed by atoms with Gasteiger partial charge < -0.3 is 19.8 Å². The number of aliphatic hydroxyl groups is 2. The summed E-state index contributed by atoms with van der Waals surface area (Å²) in [5.74, 6) is -0.553. The van der Waals surface area contributed by atoms with Crippen molar-refractivity contribution in [1.29, 1.82) is 0 Å². The van der Waals surface area contributed by atoms with E-state index < -0.39 is 17.4 Å². The van der Waals surface area contributed by atoms with E-state index >= 15 is 0 Å². The highest BCUT2D eigenvalue weighted by Gasteiger charge is 2.53. The van der Waals surface area contributed by atoms with Crippen LogP contribution in [0.1, 0.15) is 31.7 Å². The zero-order valence-corrected chi connectivity index (χ0v) is 19.0. The predicted molar refractivity (Wildman–Crippen MR) is 125 cm³/mol. The molecule has 0 bridgehead atoms. The Morgan fingerprint density at radius 2 is 2.03 bits per heavy atom. The summed E-state index contributed by atoms with van der Waals surface area (Å²) in [6.45, 7) is 2.38. The van der Waals surface area contributed by atoms with Crippen LogP contribution in [-0.4, -0.2) is 53.2 Å². The highest BCUT2D eigenvalue weighted by Crippen LogP contribution is 2.49. The second-order valence-electron chi connectivity index (χ2n) is 8.61. The highest BCUT2D eigenvalue weighted by molar-refractivity contribution is 6.12. The lowest BCUT2D eigenvalue weighted by atomic mass is 9.83. The molecule has 2 amide bonds. The molecule has 7 nitrogen and oxygen atoms in total. The standard InChI is InChI=1S/C26H30N2O5/c1-18(8-6-12-24(30)27-15-7-11-20(27)17-29)26(32)22-16-21(33-2)13-14-23(22)28(25(26)31)19-9-4-3-5-10-19/h3-6,8-10,13-14,16,18,20,29,32H,7,11-12,15,17H2,1-2H3/b8-6+/t18-,20-,26+/m0/s1. The van der Waals surface area contributed by atoms with Crippen LogP contribution < -0.4 is 9.64 Å². The lowest BCUT2D eigenvalue weighted by molar-refractivity contribution is -0.138. The van der Waals surface area contributed by atoms with Crippen LogP contribution in [0.2, 0.25) is 0 Å². The first-order valence-corrected chi connectivity index (χ1v) is 11.3. The van der Waals surface area contributed by atoms with Gasteiger partial charge in [0.25, 0.3) is 5.91 Å². The summed E-state index contributed by atoms with van der Waals surface area (Å²) in [6.07, 6.45) is 5.27. The zero-order chi connectivity index (χ0) is 23.6. The van der Waals surface area contributed by atoms with Crippen LogP contribution in [0.25, 0.3) is 0 Å². The van der Waals surface area contributed by atoms with Gasteiger partial charge in [-0.1, -0.05) is 37.3 Å². The average Bonchev–Trinajstić information content (AvgIpc) is 3.41. The molecular formula is C26H30N2O5. The third-order valence-corrected chi connectivity index (χ3v) is 6.68. The smallest absolute Gasteiger partial charge is 0.268 e. The number of amides is 2. The van der Waals surface area contributed by atoms with Crippen molar-refractivity contribution in [2.24, 2.45) is 5.92 Å². The number of fused-ring (bicyclic) bond motifs is 1. The Morgan fingerprint density at radius 1 is 1.27 bits per heavy atom. The van der Waals surface area contributed by atoms with Crippen LogP contribution >= 0.6 is 0 Å². The second kappa shape index (κ2) is 9.37. The van der Waals surface area contributed by atoms with Crippen LogP contribution in [0.5, 0.6) is 5.75 Å². The number of para-hydroxylation sites is 1. The molecule has 33 heavy (non-hydrogen) atoms. The number of ether oxygens (including phenoxy) is 1. The first-order chi connectivity index (χ1) is 15.9. The van der Waals surface area contributed by atoms with Gasteiger partial charge in [0.05, 0.1) is 25.4 Å². The molecule has 2 N–H and O–H groups in total. The van der Waals surface area contributed by atoms with E-state index in [2.05, 4.69) is 0 Å². The summed E-state index contributed by atoms with van der Waals surface area (Å²) in [4.78, 5) is 29.4. The topological polar surface area (TPSA) is 90.3 Å². The molecule has 2 aliphatic rings. The van der Waals surface area contributed by atoms with Crippen molar-refractivity contribution < 1.29 is 24.5 Å². The zero-order valence-electron chi connectivity index (χ0n) is 19.0. The molecule has 0 aliphatic carbocycles. The highest BCUT2D eigenvalue weighted by atomic mass is 16.5. The maximum absolute atomic E-state index is 13.6. The van der Waals surface area contributed by atoms with Crippen LogP contribution in [0.3, 0.4) is 0 Å². The molecule has 174 valence electrons. The van der Waals surface area contributed by atoms with Crippen molar-refractivity contribution >= 4 is 23.2 Å². The second-order valence-corrected chi connectivity index (χ2v) is 8.61. The molecule has 2 aromatic rings. The Morgan fingerprint density at radius 3 is 2.73 bits per heavy atom. The van der Waals surface area contributed by atoms with Gasteiger partial charge in [0, 0.05) is 30.1 Å². The normalized spacial score (nSPS) is 23.3. The molecule has 0 unspecified atom stereocenters. The molecule has 7 heteroatoms. The van der Waals surface area contributed by atoms with Crippen LogP contribution in [0, 0.1) is 5.92 Å². The molecule has 3 atom stereocenters. The van der Waals surface area contributed by atoms with Gasteiger partial charge in [0.2, 0.25) is 5.91 Å². The third kappa shape index (κ3) is 4.03. The van der Waals surface area contributed by atoms with Crippen LogP contribution in [-0.2, 0) is 15.2 Å². The molecule has 1 fully saturated rings. The van der Waals surface area contributed by atoms with Gasteiger partial charge in [-0.25, -0.2) is 0 Å². The molecule has 4 rings (SSSR count). The van der Waals surface area contributed by atoms with Crippen molar-refractivity contribution in [3.05, 3.63) is 66.2 Å². The van der Waals surface area contributed by atoms with Gasteiger partial charge in [0.15, 0.2) is 5.60 Å². The molecule has 1 saturated heterocycles. The molecule has 2 aliphatic heterocycles. The number of carbonyl (C=O) groups is 2. The van der Waals surface area contributed by atoms with E-state index in [1.54, 1.807) is 49.3 Å². The van der Waals surface area contributed by atoms with Gasteiger partial charge in [-0.05, 0) is 43.2 Å². The van der Waals surface area contributed by atoms with Crippen LogP contribution in [0.15, 0.2) is 60.7 Å². The molecule has 0 spiro atoms. The van der Waals surface area contributed by atoms with Crippen molar-refractivity contribution in [2.75, 3.05) is 25.2 Å². The molecular weight excluding hydrogens is 420 g/mol. The summed E-state index contributed by atoms with van der Waals surface area (Å²) in [5, 5.41) is 21.2.